The second-order valence-corrected chi connectivity index (χ2v) is 8.86. The maximum atomic E-state index is 12.0. The molecule has 0 saturated carbocycles. The molecule has 1 heterocycles. The van der Waals surface area contributed by atoms with Crippen molar-refractivity contribution in [3.05, 3.63) is 44.0 Å². The number of benzene rings is 1. The SMILES string of the molecule is CS(=O)(=O)c1ccc(Cl)c(NC(=O)c2ccc(Br)s2)c1. The van der Waals surface area contributed by atoms with Crippen molar-refractivity contribution >= 4 is 60.3 Å². The van der Waals surface area contributed by atoms with Crippen LogP contribution in [-0.4, -0.2) is 20.6 Å². The van der Waals surface area contributed by atoms with Crippen molar-refractivity contribution in [3.8, 4) is 0 Å². The van der Waals surface area contributed by atoms with Gasteiger partial charge in [-0.15, -0.1) is 11.3 Å². The van der Waals surface area contributed by atoms with Crippen molar-refractivity contribution in [2.45, 2.75) is 4.90 Å². The first kappa shape index (κ1) is 15.5. The van der Waals surface area contributed by atoms with E-state index in [1.54, 1.807) is 12.1 Å². The van der Waals surface area contributed by atoms with E-state index in [4.69, 9.17) is 11.6 Å². The molecule has 1 aromatic heterocycles. The van der Waals surface area contributed by atoms with E-state index in [9.17, 15) is 13.2 Å². The van der Waals surface area contributed by atoms with Crippen LogP contribution >= 0.6 is 38.9 Å². The second kappa shape index (κ2) is 5.85. The van der Waals surface area contributed by atoms with Crippen LogP contribution in [0.3, 0.4) is 0 Å². The normalized spacial score (nSPS) is 11.3. The summed E-state index contributed by atoms with van der Waals surface area (Å²) in [5.74, 6) is -0.340. The van der Waals surface area contributed by atoms with Crippen LogP contribution < -0.4 is 5.32 Å². The number of anilines is 1. The zero-order valence-electron chi connectivity index (χ0n) is 10.2. The highest BCUT2D eigenvalue weighted by molar-refractivity contribution is 9.11. The fourth-order valence-electron chi connectivity index (χ4n) is 1.45. The Labute approximate surface area is 133 Å². The van der Waals surface area contributed by atoms with Gasteiger partial charge >= 0.3 is 0 Å². The van der Waals surface area contributed by atoms with E-state index in [2.05, 4.69) is 21.2 Å². The predicted molar refractivity (Wildman–Crippen MR) is 84.5 cm³/mol. The standard InChI is InChI=1S/C12H9BrClNO3S2/c1-20(17,18)7-2-3-8(14)9(6-7)15-12(16)10-4-5-11(13)19-10/h2-6H,1H3,(H,15,16). The molecule has 1 amide bonds. The molecule has 0 radical (unpaired) electrons. The molecule has 0 fully saturated rings. The van der Waals surface area contributed by atoms with Gasteiger partial charge in [-0.2, -0.15) is 0 Å². The van der Waals surface area contributed by atoms with Crippen molar-refractivity contribution in [2.24, 2.45) is 0 Å². The first-order valence-corrected chi connectivity index (χ1v) is 9.21. The third-order valence-corrected chi connectivity index (χ3v) is 5.47. The van der Waals surface area contributed by atoms with Crippen molar-refractivity contribution < 1.29 is 13.2 Å². The molecule has 0 atom stereocenters. The monoisotopic (exact) mass is 393 g/mol. The Kier molecular flexibility index (Phi) is 4.53. The number of carbonyl (C=O) groups is 1. The highest BCUT2D eigenvalue weighted by Gasteiger charge is 2.14. The summed E-state index contributed by atoms with van der Waals surface area (Å²) in [4.78, 5) is 12.6. The van der Waals surface area contributed by atoms with Gasteiger partial charge in [-0.25, -0.2) is 8.42 Å². The molecule has 1 N–H and O–H groups in total. The molecule has 0 saturated heterocycles. The number of thiophene rings is 1. The first-order valence-electron chi connectivity index (χ1n) is 5.33. The number of sulfone groups is 1. The van der Waals surface area contributed by atoms with Crippen LogP contribution in [0.5, 0.6) is 0 Å². The Morgan fingerprint density at radius 2 is 2.00 bits per heavy atom. The summed E-state index contributed by atoms with van der Waals surface area (Å²) in [5.41, 5.74) is 0.268. The van der Waals surface area contributed by atoms with Gasteiger partial charge in [0.2, 0.25) is 0 Å². The van der Waals surface area contributed by atoms with E-state index < -0.39 is 9.84 Å². The summed E-state index contributed by atoms with van der Waals surface area (Å²) in [6, 6.07) is 7.61. The summed E-state index contributed by atoms with van der Waals surface area (Å²) in [6.45, 7) is 0. The Morgan fingerprint density at radius 3 is 2.55 bits per heavy atom. The summed E-state index contributed by atoms with van der Waals surface area (Å²) in [6.07, 6.45) is 1.10. The molecule has 2 aromatic rings. The van der Waals surface area contributed by atoms with Crippen LogP contribution in [0.2, 0.25) is 5.02 Å². The molecule has 0 aliphatic carbocycles. The average molecular weight is 395 g/mol. The minimum Gasteiger partial charge on any atom is -0.320 e. The van der Waals surface area contributed by atoms with Gasteiger partial charge in [-0.1, -0.05) is 11.6 Å². The summed E-state index contributed by atoms with van der Waals surface area (Å²) in [5, 5.41) is 2.89. The molecule has 0 unspecified atom stereocenters. The van der Waals surface area contributed by atoms with E-state index in [1.165, 1.54) is 29.5 Å². The maximum Gasteiger partial charge on any atom is 0.265 e. The quantitative estimate of drug-likeness (QED) is 0.861. The number of rotatable bonds is 3. The highest BCUT2D eigenvalue weighted by atomic mass is 79.9. The van der Waals surface area contributed by atoms with Crippen molar-refractivity contribution in [3.63, 3.8) is 0 Å². The molecular formula is C12H9BrClNO3S2. The second-order valence-electron chi connectivity index (χ2n) is 3.97. The van der Waals surface area contributed by atoms with Gasteiger partial charge in [0.1, 0.15) is 0 Å². The molecule has 1 aromatic carbocycles. The number of nitrogens with one attached hydrogen (secondary N) is 1. The smallest absolute Gasteiger partial charge is 0.265 e. The van der Waals surface area contributed by atoms with E-state index >= 15 is 0 Å². The molecule has 0 aliphatic heterocycles. The zero-order chi connectivity index (χ0) is 14.9. The molecule has 106 valence electrons. The topological polar surface area (TPSA) is 63.2 Å². The summed E-state index contributed by atoms with van der Waals surface area (Å²) < 4.78 is 23.8. The molecule has 0 aliphatic rings. The maximum absolute atomic E-state index is 12.0. The molecule has 4 nitrogen and oxygen atoms in total. The average Bonchev–Trinajstić information content (AvgIpc) is 2.77. The van der Waals surface area contributed by atoms with Gasteiger partial charge < -0.3 is 5.32 Å². The Hall–Kier alpha value is -0.890. The largest absolute Gasteiger partial charge is 0.320 e. The number of hydrogen-bond acceptors (Lipinski definition) is 4. The van der Waals surface area contributed by atoms with Crippen molar-refractivity contribution in [1.82, 2.24) is 0 Å². The van der Waals surface area contributed by atoms with E-state index in [0.29, 0.717) is 4.88 Å². The van der Waals surface area contributed by atoms with Crippen LogP contribution in [0, 0.1) is 0 Å². The molecule has 8 heteroatoms. The zero-order valence-corrected chi connectivity index (χ0v) is 14.2. The van der Waals surface area contributed by atoms with E-state index in [-0.39, 0.29) is 21.5 Å². The Bertz CT molecular complexity index is 771. The van der Waals surface area contributed by atoms with Crippen LogP contribution in [0.1, 0.15) is 9.67 Å². The summed E-state index contributed by atoms with van der Waals surface area (Å²) >= 11 is 10.5. The van der Waals surface area contributed by atoms with Crippen LogP contribution in [0.15, 0.2) is 39.0 Å². The first-order chi connectivity index (χ1) is 9.27. The molecule has 20 heavy (non-hydrogen) atoms. The number of amides is 1. The van der Waals surface area contributed by atoms with Gasteiger partial charge in [0.05, 0.1) is 24.3 Å². The lowest BCUT2D eigenvalue weighted by atomic mass is 10.3. The number of halogens is 2. The number of hydrogen-bond donors (Lipinski definition) is 1. The Morgan fingerprint density at radius 1 is 1.30 bits per heavy atom. The van der Waals surface area contributed by atoms with Crippen LogP contribution in [0.25, 0.3) is 0 Å². The van der Waals surface area contributed by atoms with Gasteiger partial charge in [0, 0.05) is 6.26 Å². The van der Waals surface area contributed by atoms with Gasteiger partial charge in [0.15, 0.2) is 9.84 Å². The van der Waals surface area contributed by atoms with E-state index in [0.717, 1.165) is 10.0 Å². The highest BCUT2D eigenvalue weighted by Crippen LogP contribution is 2.27. The molecule has 2 rings (SSSR count). The predicted octanol–water partition coefficient (Wildman–Crippen LogP) is 3.82. The third-order valence-electron chi connectivity index (χ3n) is 2.41. The van der Waals surface area contributed by atoms with Crippen LogP contribution in [0.4, 0.5) is 5.69 Å². The summed E-state index contributed by atoms with van der Waals surface area (Å²) in [7, 11) is -3.35. The van der Waals surface area contributed by atoms with Gasteiger partial charge in [0.25, 0.3) is 5.91 Å². The lowest BCUT2D eigenvalue weighted by molar-refractivity contribution is 0.103. The Balaban J connectivity index is 2.31. The van der Waals surface area contributed by atoms with Gasteiger partial charge in [-0.05, 0) is 46.3 Å². The fourth-order valence-corrected chi connectivity index (χ4v) is 3.54. The lowest BCUT2D eigenvalue weighted by Gasteiger charge is -2.08. The minimum absolute atomic E-state index is 0.101. The molecule has 0 bridgehead atoms. The lowest BCUT2D eigenvalue weighted by Crippen LogP contribution is -2.11. The molecular weight excluding hydrogens is 386 g/mol. The molecule has 0 spiro atoms. The van der Waals surface area contributed by atoms with Crippen molar-refractivity contribution in [2.75, 3.05) is 11.6 Å². The van der Waals surface area contributed by atoms with Crippen LogP contribution in [-0.2, 0) is 9.84 Å². The minimum atomic E-state index is -3.35. The van der Waals surface area contributed by atoms with Gasteiger partial charge in [-0.3, -0.25) is 4.79 Å². The number of carbonyl (C=O) groups excluding carboxylic acids is 1. The third kappa shape index (κ3) is 3.60. The fraction of sp³-hybridized carbons (Fsp3) is 0.0833. The van der Waals surface area contributed by atoms with Crippen molar-refractivity contribution in [1.29, 1.82) is 0 Å². The van der Waals surface area contributed by atoms with E-state index in [1.807, 2.05) is 0 Å².